The molecule has 2 aromatic rings. The zero-order chi connectivity index (χ0) is 20.1. The minimum Gasteiger partial charge on any atom is -0.478 e. The van der Waals surface area contributed by atoms with Gasteiger partial charge in [0.1, 0.15) is 23.3 Å². The van der Waals surface area contributed by atoms with E-state index in [9.17, 15) is 13.6 Å². The average molecular weight is 391 g/mol. The van der Waals surface area contributed by atoms with Gasteiger partial charge in [-0.05, 0) is 25.5 Å². The number of urea groups is 1. The van der Waals surface area contributed by atoms with Crippen molar-refractivity contribution in [2.45, 2.75) is 20.3 Å². The predicted molar refractivity (Wildman–Crippen MR) is 102 cm³/mol. The van der Waals surface area contributed by atoms with Gasteiger partial charge in [-0.3, -0.25) is 0 Å². The molecular formula is C19H23F2N5O2. The second kappa shape index (κ2) is 8.81. The Bertz CT molecular complexity index is 841. The molecule has 9 heteroatoms. The van der Waals surface area contributed by atoms with Crippen LogP contribution in [-0.2, 0) is 0 Å². The predicted octanol–water partition coefficient (Wildman–Crippen LogP) is 3.21. The number of halogens is 2. The molecule has 0 saturated carbocycles. The smallest absolute Gasteiger partial charge is 0.322 e. The van der Waals surface area contributed by atoms with E-state index < -0.39 is 17.7 Å². The summed E-state index contributed by atoms with van der Waals surface area (Å²) < 4.78 is 32.3. The third kappa shape index (κ3) is 4.85. The number of amides is 2. The summed E-state index contributed by atoms with van der Waals surface area (Å²) in [6.07, 6.45) is 0.890. The zero-order valence-electron chi connectivity index (χ0n) is 15.9. The summed E-state index contributed by atoms with van der Waals surface area (Å²) in [5.74, 6) is 0.421. The maximum atomic E-state index is 13.7. The molecule has 1 fully saturated rings. The summed E-state index contributed by atoms with van der Waals surface area (Å²) in [4.78, 5) is 24.7. The summed E-state index contributed by atoms with van der Waals surface area (Å²) in [6, 6.07) is 4.43. The van der Waals surface area contributed by atoms with E-state index in [1.807, 2.05) is 13.8 Å². The zero-order valence-corrected chi connectivity index (χ0v) is 15.9. The number of carbonyl (C=O) groups excluding carboxylic acids is 1. The number of ether oxygens (including phenoxy) is 1. The maximum Gasteiger partial charge on any atom is 0.322 e. The van der Waals surface area contributed by atoms with Crippen molar-refractivity contribution >= 4 is 17.5 Å². The molecule has 1 aromatic heterocycles. The van der Waals surface area contributed by atoms with Gasteiger partial charge < -0.3 is 19.9 Å². The lowest BCUT2D eigenvalue weighted by atomic mass is 10.3. The van der Waals surface area contributed by atoms with Gasteiger partial charge in [-0.25, -0.2) is 18.6 Å². The van der Waals surface area contributed by atoms with Crippen LogP contribution in [0.3, 0.4) is 0 Å². The van der Waals surface area contributed by atoms with Gasteiger partial charge in [-0.2, -0.15) is 4.98 Å². The van der Waals surface area contributed by atoms with Crippen LogP contribution in [-0.4, -0.2) is 53.7 Å². The first-order valence-corrected chi connectivity index (χ1v) is 9.20. The van der Waals surface area contributed by atoms with Crippen LogP contribution in [0.2, 0.25) is 0 Å². The van der Waals surface area contributed by atoms with Crippen molar-refractivity contribution in [3.63, 3.8) is 0 Å². The van der Waals surface area contributed by atoms with Crippen molar-refractivity contribution in [1.29, 1.82) is 0 Å². The van der Waals surface area contributed by atoms with E-state index in [-0.39, 0.29) is 5.69 Å². The molecular weight excluding hydrogens is 368 g/mol. The molecule has 7 nitrogen and oxygen atoms in total. The van der Waals surface area contributed by atoms with Crippen molar-refractivity contribution < 1.29 is 18.3 Å². The van der Waals surface area contributed by atoms with Gasteiger partial charge in [0.25, 0.3) is 0 Å². The lowest BCUT2D eigenvalue weighted by molar-refractivity contribution is 0.208. The number of piperazine rings is 1. The van der Waals surface area contributed by atoms with Crippen LogP contribution in [0.1, 0.15) is 19.2 Å². The van der Waals surface area contributed by atoms with E-state index in [2.05, 4.69) is 20.2 Å². The Labute approximate surface area is 162 Å². The van der Waals surface area contributed by atoms with Crippen LogP contribution in [0.4, 0.5) is 25.1 Å². The van der Waals surface area contributed by atoms with Crippen LogP contribution in [0.15, 0.2) is 24.3 Å². The highest BCUT2D eigenvalue weighted by Crippen LogP contribution is 2.20. The molecule has 0 spiro atoms. The van der Waals surface area contributed by atoms with E-state index in [0.717, 1.165) is 24.4 Å². The topological polar surface area (TPSA) is 70.6 Å². The highest BCUT2D eigenvalue weighted by molar-refractivity contribution is 5.89. The fourth-order valence-corrected chi connectivity index (χ4v) is 2.89. The third-order valence-corrected chi connectivity index (χ3v) is 4.32. The number of carbonyl (C=O) groups is 1. The molecule has 0 aliphatic carbocycles. The monoisotopic (exact) mass is 391 g/mol. The van der Waals surface area contributed by atoms with Crippen molar-refractivity contribution in [3.05, 3.63) is 41.7 Å². The number of nitrogens with one attached hydrogen (secondary N) is 1. The quantitative estimate of drug-likeness (QED) is 0.848. The van der Waals surface area contributed by atoms with Crippen LogP contribution in [0.5, 0.6) is 5.88 Å². The van der Waals surface area contributed by atoms with Crippen molar-refractivity contribution in [2.24, 2.45) is 0 Å². The Morgan fingerprint density at radius 3 is 2.61 bits per heavy atom. The molecule has 0 unspecified atom stereocenters. The Balaban J connectivity index is 1.59. The molecule has 1 saturated heterocycles. The number of benzene rings is 1. The van der Waals surface area contributed by atoms with Crippen molar-refractivity contribution in [1.82, 2.24) is 14.9 Å². The minimum absolute atomic E-state index is 0.0435. The van der Waals surface area contributed by atoms with Crippen molar-refractivity contribution in [2.75, 3.05) is 43.0 Å². The first kappa shape index (κ1) is 19.8. The van der Waals surface area contributed by atoms with Crippen LogP contribution < -0.4 is 15.0 Å². The Morgan fingerprint density at radius 2 is 1.93 bits per heavy atom. The van der Waals surface area contributed by atoms with Gasteiger partial charge in [0.15, 0.2) is 0 Å². The summed E-state index contributed by atoms with van der Waals surface area (Å²) in [7, 11) is 0. The number of aromatic nitrogens is 2. The van der Waals surface area contributed by atoms with Gasteiger partial charge in [-0.15, -0.1) is 0 Å². The second-order valence-corrected chi connectivity index (χ2v) is 6.49. The molecule has 1 aliphatic heterocycles. The molecule has 3 rings (SSSR count). The second-order valence-electron chi connectivity index (χ2n) is 6.49. The minimum atomic E-state index is -0.803. The first-order valence-electron chi connectivity index (χ1n) is 9.20. The standard InChI is InChI=1S/C19H23F2N5O2/c1-3-10-28-18-12-17(22-13(2)23-18)25-6-8-26(9-7-25)19(27)24-16-5-4-14(20)11-15(16)21/h4-5,11-12H,3,6-10H2,1-2H3,(H,24,27). The number of nitrogens with zero attached hydrogens (tertiary/aromatic N) is 4. The molecule has 0 atom stereocenters. The van der Waals surface area contributed by atoms with Gasteiger partial charge in [0.2, 0.25) is 5.88 Å². The van der Waals surface area contributed by atoms with Crippen LogP contribution >= 0.6 is 0 Å². The summed E-state index contributed by atoms with van der Waals surface area (Å²) in [5, 5.41) is 2.48. The average Bonchev–Trinajstić information content (AvgIpc) is 2.68. The third-order valence-electron chi connectivity index (χ3n) is 4.32. The molecule has 28 heavy (non-hydrogen) atoms. The highest BCUT2D eigenvalue weighted by Gasteiger charge is 2.23. The molecule has 2 amide bonds. The lowest BCUT2D eigenvalue weighted by Crippen LogP contribution is -2.50. The van der Waals surface area contributed by atoms with Gasteiger partial charge >= 0.3 is 6.03 Å². The molecule has 0 bridgehead atoms. The molecule has 2 heterocycles. The maximum absolute atomic E-state index is 13.7. The van der Waals surface area contributed by atoms with E-state index in [0.29, 0.717) is 44.5 Å². The molecule has 1 N–H and O–H groups in total. The molecule has 1 aliphatic rings. The number of rotatable bonds is 5. The van der Waals surface area contributed by atoms with Gasteiger partial charge in [0, 0.05) is 38.3 Å². The summed E-state index contributed by atoms with van der Waals surface area (Å²) in [5.41, 5.74) is -0.0435. The van der Waals surface area contributed by atoms with E-state index >= 15 is 0 Å². The Hall–Kier alpha value is -2.97. The van der Waals surface area contributed by atoms with Crippen LogP contribution in [0, 0.1) is 18.6 Å². The fourth-order valence-electron chi connectivity index (χ4n) is 2.89. The van der Waals surface area contributed by atoms with E-state index in [1.165, 1.54) is 6.07 Å². The Kier molecular flexibility index (Phi) is 6.23. The van der Waals surface area contributed by atoms with Crippen molar-refractivity contribution in [3.8, 4) is 5.88 Å². The van der Waals surface area contributed by atoms with Gasteiger partial charge in [0.05, 0.1) is 12.3 Å². The van der Waals surface area contributed by atoms with E-state index in [1.54, 1.807) is 11.0 Å². The first-order chi connectivity index (χ1) is 13.5. The SMILES string of the molecule is CCCOc1cc(N2CCN(C(=O)Nc3ccc(F)cc3F)CC2)nc(C)n1. The lowest BCUT2D eigenvalue weighted by Gasteiger charge is -2.35. The summed E-state index contributed by atoms with van der Waals surface area (Å²) in [6.45, 7) is 6.46. The largest absolute Gasteiger partial charge is 0.478 e. The fraction of sp³-hybridized carbons (Fsp3) is 0.421. The molecule has 0 radical (unpaired) electrons. The number of hydrogen-bond donors (Lipinski definition) is 1. The summed E-state index contributed by atoms with van der Waals surface area (Å²) >= 11 is 0. The number of aryl methyl sites for hydroxylation is 1. The molecule has 150 valence electrons. The van der Waals surface area contributed by atoms with E-state index in [4.69, 9.17) is 4.74 Å². The molecule has 1 aromatic carbocycles. The van der Waals surface area contributed by atoms with Gasteiger partial charge in [-0.1, -0.05) is 6.92 Å². The Morgan fingerprint density at radius 1 is 1.18 bits per heavy atom. The van der Waals surface area contributed by atoms with Crippen LogP contribution in [0.25, 0.3) is 0 Å². The normalized spacial score (nSPS) is 14.1. The number of anilines is 2. The number of hydrogen-bond acceptors (Lipinski definition) is 5. The highest BCUT2D eigenvalue weighted by atomic mass is 19.1.